The van der Waals surface area contributed by atoms with Crippen LogP contribution in [0.15, 0.2) is 18.3 Å². The summed E-state index contributed by atoms with van der Waals surface area (Å²) in [6.45, 7) is 3.23. The summed E-state index contributed by atoms with van der Waals surface area (Å²) in [5, 5.41) is 9.82. The molecule has 0 saturated heterocycles. The molecule has 0 bridgehead atoms. The standard InChI is InChI=1S/C15H24N2O2/c1-12-6-7-15(9-12,11-18)17(2)10-13-5-4-8-16-14(13)19-3/h4-5,8,12,18H,6-7,9-11H2,1-3H3/t12-,15-/m1/s1. The van der Waals surface area contributed by atoms with Crippen LogP contribution in [0.3, 0.4) is 0 Å². The van der Waals surface area contributed by atoms with Gasteiger partial charge in [-0.15, -0.1) is 0 Å². The van der Waals surface area contributed by atoms with E-state index < -0.39 is 0 Å². The van der Waals surface area contributed by atoms with Crippen LogP contribution >= 0.6 is 0 Å². The molecule has 2 atom stereocenters. The Kier molecular flexibility index (Phi) is 4.42. The highest BCUT2D eigenvalue weighted by Gasteiger charge is 2.40. The van der Waals surface area contributed by atoms with Gasteiger partial charge >= 0.3 is 0 Å². The molecule has 106 valence electrons. The number of aliphatic hydroxyl groups is 1. The molecule has 0 aliphatic heterocycles. The van der Waals surface area contributed by atoms with Gasteiger partial charge in [0.25, 0.3) is 0 Å². The van der Waals surface area contributed by atoms with Crippen LogP contribution in [0.4, 0.5) is 0 Å². The maximum atomic E-state index is 9.82. The van der Waals surface area contributed by atoms with E-state index in [0.29, 0.717) is 11.8 Å². The maximum Gasteiger partial charge on any atom is 0.217 e. The predicted molar refractivity (Wildman–Crippen MR) is 75.1 cm³/mol. The van der Waals surface area contributed by atoms with E-state index in [9.17, 15) is 5.11 Å². The molecule has 2 rings (SSSR count). The van der Waals surface area contributed by atoms with Gasteiger partial charge in [-0.1, -0.05) is 13.0 Å². The Bertz CT molecular complexity index is 424. The summed E-state index contributed by atoms with van der Waals surface area (Å²) < 4.78 is 5.30. The zero-order valence-electron chi connectivity index (χ0n) is 12.1. The molecule has 1 heterocycles. The molecule has 4 nitrogen and oxygen atoms in total. The number of hydrogen-bond donors (Lipinski definition) is 1. The Hall–Kier alpha value is -1.13. The molecule has 0 unspecified atom stereocenters. The van der Waals surface area contributed by atoms with Gasteiger partial charge in [-0.3, -0.25) is 4.90 Å². The van der Waals surface area contributed by atoms with Crippen molar-refractivity contribution in [1.29, 1.82) is 0 Å². The molecule has 19 heavy (non-hydrogen) atoms. The second-order valence-electron chi connectivity index (χ2n) is 5.76. The molecule has 0 amide bonds. The van der Waals surface area contributed by atoms with Gasteiger partial charge in [0.15, 0.2) is 0 Å². The van der Waals surface area contributed by atoms with Crippen LogP contribution in [0.25, 0.3) is 0 Å². The first kappa shape index (κ1) is 14.3. The zero-order chi connectivity index (χ0) is 13.9. The van der Waals surface area contributed by atoms with E-state index in [1.807, 2.05) is 12.1 Å². The molecule has 1 aliphatic carbocycles. The normalized spacial score (nSPS) is 26.9. The number of aromatic nitrogens is 1. The highest BCUT2D eigenvalue weighted by atomic mass is 16.5. The first-order valence-corrected chi connectivity index (χ1v) is 6.91. The molecule has 1 aromatic heterocycles. The highest BCUT2D eigenvalue weighted by molar-refractivity contribution is 5.25. The fraction of sp³-hybridized carbons (Fsp3) is 0.667. The number of hydrogen-bond acceptors (Lipinski definition) is 4. The zero-order valence-corrected chi connectivity index (χ0v) is 12.1. The summed E-state index contributed by atoms with van der Waals surface area (Å²) >= 11 is 0. The van der Waals surface area contributed by atoms with Gasteiger partial charge < -0.3 is 9.84 Å². The second kappa shape index (κ2) is 5.88. The minimum atomic E-state index is -0.0831. The van der Waals surface area contributed by atoms with Crippen molar-refractivity contribution >= 4 is 0 Å². The second-order valence-corrected chi connectivity index (χ2v) is 5.76. The lowest BCUT2D eigenvalue weighted by Gasteiger charge is -2.37. The molecule has 1 aliphatic rings. The summed E-state index contributed by atoms with van der Waals surface area (Å²) in [6.07, 6.45) is 5.04. The smallest absolute Gasteiger partial charge is 0.217 e. The number of nitrogens with zero attached hydrogens (tertiary/aromatic N) is 2. The lowest BCUT2D eigenvalue weighted by Crippen LogP contribution is -2.47. The van der Waals surface area contributed by atoms with Crippen LogP contribution in [0.5, 0.6) is 5.88 Å². The van der Waals surface area contributed by atoms with Gasteiger partial charge in [-0.2, -0.15) is 0 Å². The van der Waals surface area contributed by atoms with Gasteiger partial charge in [0.05, 0.1) is 13.7 Å². The van der Waals surface area contributed by atoms with Crippen LogP contribution < -0.4 is 4.74 Å². The average molecular weight is 264 g/mol. The topological polar surface area (TPSA) is 45.6 Å². The van der Waals surface area contributed by atoms with Crippen molar-refractivity contribution < 1.29 is 9.84 Å². The lowest BCUT2D eigenvalue weighted by molar-refractivity contribution is 0.0451. The maximum absolute atomic E-state index is 9.82. The summed E-state index contributed by atoms with van der Waals surface area (Å²) in [7, 11) is 3.73. The van der Waals surface area contributed by atoms with Crippen molar-refractivity contribution in [2.75, 3.05) is 20.8 Å². The average Bonchev–Trinajstić information content (AvgIpc) is 2.82. The van der Waals surface area contributed by atoms with Crippen molar-refractivity contribution in [3.63, 3.8) is 0 Å². The number of pyridine rings is 1. The first-order chi connectivity index (χ1) is 9.11. The van der Waals surface area contributed by atoms with Crippen molar-refractivity contribution in [2.24, 2.45) is 5.92 Å². The summed E-state index contributed by atoms with van der Waals surface area (Å²) in [4.78, 5) is 6.49. The van der Waals surface area contributed by atoms with Crippen molar-refractivity contribution in [3.05, 3.63) is 23.9 Å². The molecule has 1 N–H and O–H groups in total. The van der Waals surface area contributed by atoms with E-state index in [1.54, 1.807) is 13.3 Å². The molecule has 1 saturated carbocycles. The molecule has 1 fully saturated rings. The van der Waals surface area contributed by atoms with Gasteiger partial charge in [0.2, 0.25) is 5.88 Å². The van der Waals surface area contributed by atoms with Crippen molar-refractivity contribution in [2.45, 2.75) is 38.3 Å². The van der Waals surface area contributed by atoms with Crippen LogP contribution in [-0.2, 0) is 6.54 Å². The lowest BCUT2D eigenvalue weighted by atomic mass is 9.95. The van der Waals surface area contributed by atoms with E-state index in [2.05, 4.69) is 23.9 Å². The quantitative estimate of drug-likeness (QED) is 0.884. The van der Waals surface area contributed by atoms with E-state index in [4.69, 9.17) is 4.74 Å². The number of rotatable bonds is 5. The Labute approximate surface area is 115 Å². The molecule has 1 aromatic rings. The summed E-state index contributed by atoms with van der Waals surface area (Å²) in [5.41, 5.74) is 0.986. The van der Waals surface area contributed by atoms with E-state index in [1.165, 1.54) is 6.42 Å². The number of methoxy groups -OCH3 is 1. The summed E-state index contributed by atoms with van der Waals surface area (Å²) in [5.74, 6) is 1.36. The third kappa shape index (κ3) is 2.90. The number of likely N-dealkylation sites (N-methyl/N-ethyl adjacent to an activating group) is 1. The Morgan fingerprint density at radius 2 is 2.37 bits per heavy atom. The SMILES string of the molecule is COc1ncccc1CN(C)[C@]1(CO)CC[C@@H](C)C1. The van der Waals surface area contributed by atoms with Gasteiger partial charge in [-0.05, 0) is 38.3 Å². The van der Waals surface area contributed by atoms with Crippen LogP contribution in [-0.4, -0.2) is 41.3 Å². The highest BCUT2D eigenvalue weighted by Crippen LogP contribution is 2.39. The van der Waals surface area contributed by atoms with Crippen LogP contribution in [0.2, 0.25) is 0 Å². The number of ether oxygens (including phenoxy) is 1. The fourth-order valence-corrected chi connectivity index (χ4v) is 3.13. The molecular weight excluding hydrogens is 240 g/mol. The monoisotopic (exact) mass is 264 g/mol. The third-order valence-corrected chi connectivity index (χ3v) is 4.39. The molecule has 0 radical (unpaired) electrons. The van der Waals surface area contributed by atoms with Gasteiger partial charge in [0, 0.05) is 23.8 Å². The minimum absolute atomic E-state index is 0.0831. The third-order valence-electron chi connectivity index (χ3n) is 4.39. The Morgan fingerprint density at radius 3 is 2.95 bits per heavy atom. The van der Waals surface area contributed by atoms with E-state index in [-0.39, 0.29) is 12.1 Å². The van der Waals surface area contributed by atoms with Crippen molar-refractivity contribution in [1.82, 2.24) is 9.88 Å². The minimum Gasteiger partial charge on any atom is -0.481 e. The number of aliphatic hydroxyl groups excluding tert-OH is 1. The predicted octanol–water partition coefficient (Wildman–Crippen LogP) is 2.07. The molecular formula is C15H24N2O2. The van der Waals surface area contributed by atoms with Gasteiger partial charge in [-0.25, -0.2) is 4.98 Å². The fourth-order valence-electron chi connectivity index (χ4n) is 3.13. The Morgan fingerprint density at radius 1 is 1.58 bits per heavy atom. The first-order valence-electron chi connectivity index (χ1n) is 6.91. The van der Waals surface area contributed by atoms with Crippen LogP contribution in [0, 0.1) is 5.92 Å². The molecule has 0 spiro atoms. The Balaban J connectivity index is 2.13. The molecule has 4 heteroatoms. The van der Waals surface area contributed by atoms with Gasteiger partial charge in [0.1, 0.15) is 0 Å². The molecule has 0 aromatic carbocycles. The van der Waals surface area contributed by atoms with Crippen LogP contribution in [0.1, 0.15) is 31.7 Å². The van der Waals surface area contributed by atoms with Crippen molar-refractivity contribution in [3.8, 4) is 5.88 Å². The van der Waals surface area contributed by atoms with E-state index >= 15 is 0 Å². The largest absolute Gasteiger partial charge is 0.481 e. The van der Waals surface area contributed by atoms with E-state index in [0.717, 1.165) is 24.9 Å². The summed E-state index contributed by atoms with van der Waals surface area (Å²) in [6, 6.07) is 3.96.